The lowest BCUT2D eigenvalue weighted by Gasteiger charge is -2.35. The summed E-state index contributed by atoms with van der Waals surface area (Å²) in [7, 11) is 0.623. The van der Waals surface area contributed by atoms with E-state index in [0.29, 0.717) is 8.83 Å². The molecule has 2 fully saturated rings. The Morgan fingerprint density at radius 1 is 0.842 bits per heavy atom. The van der Waals surface area contributed by atoms with Crippen molar-refractivity contribution in [1.82, 2.24) is 0 Å². The van der Waals surface area contributed by atoms with Gasteiger partial charge in [-0.15, -0.1) is 0 Å². The maximum atomic E-state index is 6.03. The fourth-order valence-corrected chi connectivity index (χ4v) is 6.55. The Hall–Kier alpha value is -0.0131. The molecular weight excluding hydrogens is 268 g/mol. The molecule has 2 radical (unpaired) electrons. The van der Waals surface area contributed by atoms with Crippen molar-refractivity contribution in [3.8, 4) is 0 Å². The fourth-order valence-electron chi connectivity index (χ4n) is 5.78. The fraction of sp³-hybridized carbons (Fsp3) is 0.765. The van der Waals surface area contributed by atoms with E-state index in [1.807, 2.05) is 0 Å². The van der Waals surface area contributed by atoms with E-state index in [4.69, 9.17) is 11.1 Å². The molecule has 0 spiro atoms. The third-order valence-electron chi connectivity index (χ3n) is 6.42. The summed E-state index contributed by atoms with van der Waals surface area (Å²) >= 11 is 6.03. The zero-order valence-electron chi connectivity index (χ0n) is 11.5. The largest absolute Gasteiger partial charge is 0.171 e. The molecule has 0 aromatic carbocycles. The van der Waals surface area contributed by atoms with E-state index < -0.39 is 0 Å². The van der Waals surface area contributed by atoms with Gasteiger partial charge in [0.05, 0.1) is 0 Å². The first-order valence-electron chi connectivity index (χ1n) is 8.08. The molecule has 0 aliphatic heterocycles. The van der Waals surface area contributed by atoms with Gasteiger partial charge in [-0.2, -0.15) is 11.1 Å². The second kappa shape index (κ2) is 5.07. The number of hydrogen-bond acceptors (Lipinski definition) is 0. The summed E-state index contributed by atoms with van der Waals surface area (Å²) in [6, 6.07) is 1.25. The minimum atomic E-state index is 0.623. The van der Waals surface area contributed by atoms with Crippen LogP contribution in [0, 0.1) is 41.4 Å². The second-order valence-electron chi connectivity index (χ2n) is 7.07. The highest BCUT2D eigenvalue weighted by Crippen LogP contribution is 2.57. The van der Waals surface area contributed by atoms with Gasteiger partial charge in [0.1, 0.15) is 0 Å². The SMILES string of the molecule is Cl[Si]CCC(C1C2C=CC1CC2)C1C2C=CC1CC2. The molecule has 0 saturated heterocycles. The zero-order chi connectivity index (χ0) is 12.8. The van der Waals surface area contributed by atoms with Crippen molar-refractivity contribution in [2.24, 2.45) is 41.4 Å². The minimum Gasteiger partial charge on any atom is -0.171 e. The molecule has 0 heterocycles. The van der Waals surface area contributed by atoms with Crippen LogP contribution in [-0.4, -0.2) is 8.83 Å². The number of allylic oxidation sites excluding steroid dienone is 4. The molecule has 4 rings (SSSR count). The second-order valence-corrected chi connectivity index (χ2v) is 8.64. The van der Waals surface area contributed by atoms with Gasteiger partial charge in [0.2, 0.25) is 0 Å². The average molecular weight is 291 g/mol. The van der Waals surface area contributed by atoms with Crippen molar-refractivity contribution in [3.63, 3.8) is 0 Å². The summed E-state index contributed by atoms with van der Waals surface area (Å²) in [6.45, 7) is 0. The third kappa shape index (κ3) is 2.00. The first-order chi connectivity index (χ1) is 9.38. The van der Waals surface area contributed by atoms with Crippen LogP contribution in [0.3, 0.4) is 0 Å². The van der Waals surface area contributed by atoms with Crippen molar-refractivity contribution in [3.05, 3.63) is 24.3 Å². The molecule has 102 valence electrons. The molecule has 2 heteroatoms. The smallest absolute Gasteiger partial charge is 0.171 e. The van der Waals surface area contributed by atoms with Gasteiger partial charge >= 0.3 is 0 Å². The summed E-state index contributed by atoms with van der Waals surface area (Å²) in [6.07, 6.45) is 17.4. The van der Waals surface area contributed by atoms with Gasteiger partial charge in [-0.05, 0) is 73.2 Å². The lowest BCUT2D eigenvalue weighted by molar-refractivity contribution is 0.151. The molecule has 4 aliphatic carbocycles. The van der Waals surface area contributed by atoms with Gasteiger partial charge in [-0.3, -0.25) is 0 Å². The lowest BCUT2D eigenvalue weighted by atomic mass is 9.70. The van der Waals surface area contributed by atoms with Crippen molar-refractivity contribution < 1.29 is 0 Å². The van der Waals surface area contributed by atoms with Crippen LogP contribution in [0.2, 0.25) is 6.04 Å². The summed E-state index contributed by atoms with van der Waals surface area (Å²) in [5, 5.41) is 0. The van der Waals surface area contributed by atoms with Crippen LogP contribution in [-0.2, 0) is 0 Å². The predicted octanol–water partition coefficient (Wildman–Crippen LogP) is 4.69. The van der Waals surface area contributed by atoms with E-state index in [-0.39, 0.29) is 0 Å². The van der Waals surface area contributed by atoms with Crippen LogP contribution in [0.1, 0.15) is 32.1 Å². The van der Waals surface area contributed by atoms with E-state index in [2.05, 4.69) is 24.3 Å². The quantitative estimate of drug-likeness (QED) is 0.391. The molecule has 0 N–H and O–H groups in total. The first kappa shape index (κ1) is 12.7. The van der Waals surface area contributed by atoms with Crippen LogP contribution in [0.4, 0.5) is 0 Å². The van der Waals surface area contributed by atoms with Gasteiger partial charge in [-0.25, -0.2) is 0 Å². The highest BCUT2D eigenvalue weighted by molar-refractivity contribution is 6.93. The Morgan fingerprint density at radius 2 is 1.26 bits per heavy atom. The average Bonchev–Trinajstić information content (AvgIpc) is 3.21. The van der Waals surface area contributed by atoms with Gasteiger partial charge in [0.25, 0.3) is 0 Å². The van der Waals surface area contributed by atoms with Crippen molar-refractivity contribution in [2.75, 3.05) is 0 Å². The lowest BCUT2D eigenvalue weighted by Crippen LogP contribution is -2.30. The van der Waals surface area contributed by atoms with Gasteiger partial charge < -0.3 is 0 Å². The van der Waals surface area contributed by atoms with Gasteiger partial charge in [-0.1, -0.05) is 30.7 Å². The third-order valence-corrected chi connectivity index (χ3v) is 7.46. The molecule has 4 unspecified atom stereocenters. The zero-order valence-corrected chi connectivity index (χ0v) is 13.2. The number of hydrogen-bond donors (Lipinski definition) is 0. The highest BCUT2D eigenvalue weighted by Gasteiger charge is 2.50. The molecule has 2 saturated carbocycles. The summed E-state index contributed by atoms with van der Waals surface area (Å²) in [4.78, 5) is 0. The van der Waals surface area contributed by atoms with E-state index in [1.54, 1.807) is 0 Å². The molecule has 4 aliphatic rings. The molecule has 0 amide bonds. The maximum Gasteiger partial charge on any atom is 0.171 e. The van der Waals surface area contributed by atoms with E-state index in [9.17, 15) is 0 Å². The molecule has 4 bridgehead atoms. The van der Waals surface area contributed by atoms with E-state index >= 15 is 0 Å². The first-order valence-corrected chi connectivity index (χ1v) is 10.3. The Kier molecular flexibility index (Phi) is 3.39. The number of fused-ring (bicyclic) bond motifs is 4. The van der Waals surface area contributed by atoms with Crippen molar-refractivity contribution in [1.29, 1.82) is 0 Å². The monoisotopic (exact) mass is 290 g/mol. The molecular formula is C17H23ClSi. The molecule has 19 heavy (non-hydrogen) atoms. The topological polar surface area (TPSA) is 0 Å². The van der Waals surface area contributed by atoms with Crippen LogP contribution in [0.25, 0.3) is 0 Å². The maximum absolute atomic E-state index is 6.03. The van der Waals surface area contributed by atoms with Crippen molar-refractivity contribution >= 4 is 19.9 Å². The van der Waals surface area contributed by atoms with Crippen LogP contribution >= 0.6 is 11.1 Å². The highest BCUT2D eigenvalue weighted by atomic mass is 35.6. The number of rotatable bonds is 5. The van der Waals surface area contributed by atoms with Crippen LogP contribution < -0.4 is 0 Å². The Bertz CT molecular complexity index is 340. The molecule has 0 aromatic rings. The Morgan fingerprint density at radius 3 is 1.58 bits per heavy atom. The normalized spacial score (nSPS) is 47.4. The Balaban J connectivity index is 1.56. The van der Waals surface area contributed by atoms with Crippen LogP contribution in [0.15, 0.2) is 24.3 Å². The van der Waals surface area contributed by atoms with Crippen molar-refractivity contribution in [2.45, 2.75) is 38.1 Å². The van der Waals surface area contributed by atoms with E-state index in [0.717, 1.165) is 41.4 Å². The van der Waals surface area contributed by atoms with Gasteiger partial charge in [0, 0.05) is 0 Å². The summed E-state index contributed by atoms with van der Waals surface area (Å²) < 4.78 is 0. The molecule has 0 aromatic heterocycles. The summed E-state index contributed by atoms with van der Waals surface area (Å²) in [5.41, 5.74) is 0. The predicted molar refractivity (Wildman–Crippen MR) is 82.2 cm³/mol. The molecule has 0 nitrogen and oxygen atoms in total. The van der Waals surface area contributed by atoms with Gasteiger partial charge in [0.15, 0.2) is 8.83 Å². The summed E-state index contributed by atoms with van der Waals surface area (Å²) in [5.74, 6) is 6.54. The number of halogens is 1. The minimum absolute atomic E-state index is 0.623. The van der Waals surface area contributed by atoms with E-state index in [1.165, 1.54) is 38.1 Å². The molecule has 4 atom stereocenters. The Labute approximate surface area is 124 Å². The standard InChI is InChI=1S/C17H23ClSi/c18-19-10-9-15(16-11-1-2-12(16)4-3-11)17-13-5-6-14(17)8-7-13/h1-2,5-6,11-17H,3-4,7-10H2. The van der Waals surface area contributed by atoms with Crippen LogP contribution in [0.5, 0.6) is 0 Å².